The maximum Gasteiger partial charge on any atom is 0.375 e. The number of nitrogens with two attached hydrogens (primary N) is 1. The SMILES string of the molecule is NC(=O)N1NC(C(=O)ON2CCCCC2)=C2C=CC=c3ccccc3=C21. The van der Waals surface area contributed by atoms with Crippen molar-refractivity contribution in [3.63, 3.8) is 0 Å². The van der Waals surface area contributed by atoms with E-state index in [1.165, 1.54) is 5.01 Å². The summed E-state index contributed by atoms with van der Waals surface area (Å²) in [5.41, 5.74) is 9.73. The first-order valence-corrected chi connectivity index (χ1v) is 8.71. The number of hydrogen-bond donors (Lipinski definition) is 2. The number of hydroxylamine groups is 2. The summed E-state index contributed by atoms with van der Waals surface area (Å²) in [5.74, 6) is -0.521. The van der Waals surface area contributed by atoms with Gasteiger partial charge in [0.25, 0.3) is 0 Å². The van der Waals surface area contributed by atoms with E-state index in [0.717, 1.165) is 42.8 Å². The second-order valence-electron chi connectivity index (χ2n) is 6.40. The molecule has 1 aromatic rings. The number of benzene rings is 1. The molecule has 1 aliphatic carbocycles. The Labute approximate surface area is 150 Å². The number of nitrogens with one attached hydrogen (secondary N) is 1. The molecule has 2 amide bonds. The zero-order chi connectivity index (χ0) is 18.1. The van der Waals surface area contributed by atoms with Gasteiger partial charge in [0.2, 0.25) is 0 Å². The number of carbonyl (C=O) groups is 2. The van der Waals surface area contributed by atoms with Crippen molar-refractivity contribution in [1.29, 1.82) is 0 Å². The lowest BCUT2D eigenvalue weighted by molar-refractivity contribution is -0.190. The minimum atomic E-state index is -0.691. The Morgan fingerprint density at radius 3 is 2.65 bits per heavy atom. The van der Waals surface area contributed by atoms with Crippen molar-refractivity contribution in [1.82, 2.24) is 15.5 Å². The van der Waals surface area contributed by atoms with Crippen LogP contribution >= 0.6 is 0 Å². The number of primary amides is 1. The molecule has 3 N–H and O–H groups in total. The molecular formula is C19H20N4O3. The van der Waals surface area contributed by atoms with Gasteiger partial charge in [-0.2, -0.15) is 0 Å². The molecule has 7 heteroatoms. The standard InChI is InChI=1S/C19H20N4O3/c20-19(25)23-17-14-9-3-2-7-13(14)8-6-10-15(17)16(21-23)18(24)26-22-11-4-1-5-12-22/h2-3,6-10,21H,1,4-5,11-12H2,(H2,20,25). The van der Waals surface area contributed by atoms with Crippen LogP contribution in [-0.2, 0) is 9.63 Å². The molecule has 0 spiro atoms. The van der Waals surface area contributed by atoms with Gasteiger partial charge in [-0.1, -0.05) is 48.9 Å². The summed E-state index contributed by atoms with van der Waals surface area (Å²) in [4.78, 5) is 30.2. The number of allylic oxidation sites excluding steroid dienone is 1. The average Bonchev–Trinajstić information content (AvgIpc) is 2.93. The number of carbonyl (C=O) groups excluding carboxylic acids is 2. The zero-order valence-electron chi connectivity index (χ0n) is 14.3. The molecule has 0 atom stereocenters. The Balaban J connectivity index is 1.78. The van der Waals surface area contributed by atoms with Gasteiger partial charge >= 0.3 is 12.0 Å². The molecule has 0 radical (unpaired) electrons. The van der Waals surface area contributed by atoms with Gasteiger partial charge in [-0.3, -0.25) is 5.43 Å². The van der Waals surface area contributed by atoms with Crippen molar-refractivity contribution in [2.75, 3.05) is 13.1 Å². The third kappa shape index (κ3) is 2.86. The van der Waals surface area contributed by atoms with Gasteiger partial charge < -0.3 is 10.6 Å². The average molecular weight is 352 g/mol. The number of fused-ring (bicyclic) bond motifs is 2. The molecule has 1 saturated heterocycles. The van der Waals surface area contributed by atoms with Gasteiger partial charge in [0.05, 0.1) is 5.70 Å². The first-order valence-electron chi connectivity index (χ1n) is 8.71. The van der Waals surface area contributed by atoms with E-state index in [1.807, 2.05) is 36.4 Å². The zero-order valence-corrected chi connectivity index (χ0v) is 14.3. The van der Waals surface area contributed by atoms with Crippen LogP contribution in [0, 0.1) is 0 Å². The molecule has 0 unspecified atom stereocenters. The van der Waals surface area contributed by atoms with Crippen LogP contribution in [0.4, 0.5) is 4.79 Å². The maximum absolute atomic E-state index is 12.7. The molecule has 1 fully saturated rings. The highest BCUT2D eigenvalue weighted by atomic mass is 16.7. The smallest absolute Gasteiger partial charge is 0.363 e. The Morgan fingerprint density at radius 1 is 1.12 bits per heavy atom. The molecule has 2 aliphatic heterocycles. The fourth-order valence-corrected chi connectivity index (χ4v) is 3.44. The molecule has 3 aliphatic rings. The van der Waals surface area contributed by atoms with Crippen LogP contribution in [0.25, 0.3) is 11.8 Å². The Bertz CT molecular complexity index is 942. The number of amides is 2. The first-order chi connectivity index (χ1) is 12.6. The summed E-state index contributed by atoms with van der Waals surface area (Å²) in [6, 6.07) is 6.94. The lowest BCUT2D eigenvalue weighted by atomic mass is 10.1. The molecule has 1 aromatic carbocycles. The van der Waals surface area contributed by atoms with E-state index >= 15 is 0 Å². The van der Waals surface area contributed by atoms with Gasteiger partial charge in [0.15, 0.2) is 5.70 Å². The largest absolute Gasteiger partial charge is 0.375 e. The number of piperidine rings is 1. The van der Waals surface area contributed by atoms with Crippen LogP contribution in [0.3, 0.4) is 0 Å². The van der Waals surface area contributed by atoms with Gasteiger partial charge in [-0.25, -0.2) is 14.6 Å². The lowest BCUT2D eigenvalue weighted by Gasteiger charge is -2.25. The van der Waals surface area contributed by atoms with E-state index < -0.39 is 12.0 Å². The minimum Gasteiger partial charge on any atom is -0.363 e. The van der Waals surface area contributed by atoms with E-state index in [2.05, 4.69) is 5.43 Å². The molecule has 26 heavy (non-hydrogen) atoms. The summed E-state index contributed by atoms with van der Waals surface area (Å²) in [6.07, 6.45) is 8.71. The van der Waals surface area contributed by atoms with Crippen LogP contribution in [0.5, 0.6) is 0 Å². The van der Waals surface area contributed by atoms with Gasteiger partial charge in [-0.05, 0) is 18.1 Å². The Kier molecular flexibility index (Phi) is 4.22. The van der Waals surface area contributed by atoms with Crippen LogP contribution in [0.1, 0.15) is 19.3 Å². The predicted octanol–water partition coefficient (Wildman–Crippen LogP) is 0.242. The van der Waals surface area contributed by atoms with Crippen LogP contribution < -0.4 is 21.6 Å². The highest BCUT2D eigenvalue weighted by Gasteiger charge is 2.35. The third-order valence-corrected chi connectivity index (χ3v) is 4.68. The van der Waals surface area contributed by atoms with Crippen LogP contribution in [-0.4, -0.2) is 35.2 Å². The van der Waals surface area contributed by atoms with Crippen molar-refractivity contribution in [3.8, 4) is 0 Å². The highest BCUT2D eigenvalue weighted by Crippen LogP contribution is 2.27. The second kappa shape index (κ2) is 6.68. The van der Waals surface area contributed by atoms with Gasteiger partial charge in [0, 0.05) is 23.9 Å². The number of hydrazine groups is 1. The Hall–Kier alpha value is -3.06. The fourth-order valence-electron chi connectivity index (χ4n) is 3.44. The van der Waals surface area contributed by atoms with Gasteiger partial charge in [-0.15, -0.1) is 5.06 Å². The van der Waals surface area contributed by atoms with Crippen LogP contribution in [0.2, 0.25) is 0 Å². The number of urea groups is 1. The van der Waals surface area contributed by atoms with E-state index in [0.29, 0.717) is 11.3 Å². The normalized spacial score (nSPS) is 19.2. The quantitative estimate of drug-likeness (QED) is 0.796. The molecule has 4 rings (SSSR count). The van der Waals surface area contributed by atoms with E-state index in [-0.39, 0.29) is 5.70 Å². The number of hydrogen-bond acceptors (Lipinski definition) is 5. The lowest BCUT2D eigenvalue weighted by Crippen LogP contribution is -2.45. The topological polar surface area (TPSA) is 87.9 Å². The monoisotopic (exact) mass is 352 g/mol. The predicted molar refractivity (Wildman–Crippen MR) is 95.8 cm³/mol. The van der Waals surface area contributed by atoms with Crippen molar-refractivity contribution in [3.05, 3.63) is 58.1 Å². The van der Waals surface area contributed by atoms with Crippen molar-refractivity contribution < 1.29 is 14.4 Å². The molecule has 134 valence electrons. The molecular weight excluding hydrogens is 332 g/mol. The number of rotatable bonds is 2. The van der Waals surface area contributed by atoms with E-state index in [1.54, 1.807) is 11.1 Å². The molecule has 0 aromatic heterocycles. The summed E-state index contributed by atoms with van der Waals surface area (Å²) < 4.78 is 0. The molecule has 7 nitrogen and oxygen atoms in total. The molecule has 0 bridgehead atoms. The van der Waals surface area contributed by atoms with Crippen molar-refractivity contribution >= 4 is 23.8 Å². The molecule has 2 heterocycles. The Morgan fingerprint density at radius 2 is 1.88 bits per heavy atom. The fraction of sp³-hybridized carbons (Fsp3) is 0.263. The highest BCUT2D eigenvalue weighted by molar-refractivity contribution is 5.99. The maximum atomic E-state index is 12.7. The summed E-state index contributed by atoms with van der Waals surface area (Å²) in [5, 5.41) is 4.63. The first kappa shape index (κ1) is 16.4. The summed E-state index contributed by atoms with van der Waals surface area (Å²) in [6.45, 7) is 1.44. The summed E-state index contributed by atoms with van der Waals surface area (Å²) in [7, 11) is 0. The minimum absolute atomic E-state index is 0.214. The van der Waals surface area contributed by atoms with Crippen molar-refractivity contribution in [2.45, 2.75) is 19.3 Å². The van der Waals surface area contributed by atoms with E-state index in [4.69, 9.17) is 10.6 Å². The van der Waals surface area contributed by atoms with Crippen molar-refractivity contribution in [2.24, 2.45) is 5.73 Å². The van der Waals surface area contributed by atoms with E-state index in [9.17, 15) is 9.59 Å². The van der Waals surface area contributed by atoms with Gasteiger partial charge in [0.1, 0.15) is 0 Å². The molecule has 0 saturated carbocycles. The number of nitrogens with zero attached hydrogens (tertiary/aromatic N) is 2. The van der Waals surface area contributed by atoms with Crippen LogP contribution in [0.15, 0.2) is 47.7 Å². The summed E-state index contributed by atoms with van der Waals surface area (Å²) >= 11 is 0. The third-order valence-electron chi connectivity index (χ3n) is 4.68. The second-order valence-corrected chi connectivity index (χ2v) is 6.40.